The van der Waals surface area contributed by atoms with Crippen LogP contribution in [0, 0.1) is 11.8 Å². The maximum absolute atomic E-state index is 12.7. The van der Waals surface area contributed by atoms with E-state index in [0.29, 0.717) is 24.9 Å². The Balaban J connectivity index is 2.62. The molecule has 1 fully saturated rings. The van der Waals surface area contributed by atoms with E-state index in [4.69, 9.17) is 0 Å². The van der Waals surface area contributed by atoms with Gasteiger partial charge in [-0.3, -0.25) is 9.59 Å². The van der Waals surface area contributed by atoms with Crippen molar-refractivity contribution in [2.24, 2.45) is 11.8 Å². The quantitative estimate of drug-likeness (QED) is 0.728. The van der Waals surface area contributed by atoms with Crippen LogP contribution in [0.3, 0.4) is 0 Å². The van der Waals surface area contributed by atoms with Crippen molar-refractivity contribution < 1.29 is 14.3 Å². The molecule has 1 aliphatic rings. The largest absolute Gasteiger partial charge is 0.469 e. The van der Waals surface area contributed by atoms with Gasteiger partial charge in [-0.05, 0) is 31.2 Å². The van der Waals surface area contributed by atoms with Crippen LogP contribution in [-0.4, -0.2) is 49.6 Å². The summed E-state index contributed by atoms with van der Waals surface area (Å²) in [6.45, 7) is 8.38. The third-order valence-corrected chi connectivity index (χ3v) is 4.10. The first-order valence-electron chi connectivity index (χ1n) is 8.06. The predicted molar refractivity (Wildman–Crippen MR) is 82.9 cm³/mol. The fourth-order valence-corrected chi connectivity index (χ4v) is 2.84. The van der Waals surface area contributed by atoms with Crippen LogP contribution in [0.25, 0.3) is 0 Å². The van der Waals surface area contributed by atoms with E-state index in [-0.39, 0.29) is 24.3 Å². The van der Waals surface area contributed by atoms with E-state index in [9.17, 15) is 9.59 Å². The third-order valence-electron chi connectivity index (χ3n) is 4.10. The summed E-state index contributed by atoms with van der Waals surface area (Å²) in [5.41, 5.74) is 0. The molecule has 122 valence electrons. The van der Waals surface area contributed by atoms with Gasteiger partial charge in [0.05, 0.1) is 19.6 Å². The van der Waals surface area contributed by atoms with Gasteiger partial charge >= 0.3 is 5.97 Å². The van der Waals surface area contributed by atoms with Crippen LogP contribution in [0.5, 0.6) is 0 Å². The van der Waals surface area contributed by atoms with Gasteiger partial charge in [0.1, 0.15) is 0 Å². The molecule has 1 amide bonds. The number of nitrogens with zero attached hydrogens (tertiary/aromatic N) is 1. The molecule has 0 aliphatic carbocycles. The van der Waals surface area contributed by atoms with Gasteiger partial charge in [0.2, 0.25) is 5.91 Å². The molecule has 0 saturated carbocycles. The number of amides is 1. The van der Waals surface area contributed by atoms with Crippen LogP contribution in [0.15, 0.2) is 0 Å². The molecule has 1 saturated heterocycles. The van der Waals surface area contributed by atoms with E-state index in [0.717, 1.165) is 25.8 Å². The fourth-order valence-electron chi connectivity index (χ4n) is 2.84. The van der Waals surface area contributed by atoms with Gasteiger partial charge in [-0.15, -0.1) is 0 Å². The second kappa shape index (κ2) is 9.03. The number of piperidine rings is 1. The van der Waals surface area contributed by atoms with Crippen molar-refractivity contribution in [3.63, 3.8) is 0 Å². The Morgan fingerprint density at radius 1 is 1.38 bits per heavy atom. The van der Waals surface area contributed by atoms with Crippen LogP contribution in [0.4, 0.5) is 0 Å². The third kappa shape index (κ3) is 6.04. The minimum absolute atomic E-state index is 0.0971. The average molecular weight is 298 g/mol. The molecule has 0 bridgehead atoms. The smallest absolute Gasteiger partial charge is 0.307 e. The second-order valence-electron chi connectivity index (χ2n) is 6.31. The number of carbonyl (C=O) groups is 2. The van der Waals surface area contributed by atoms with Crippen LogP contribution in [0.2, 0.25) is 0 Å². The summed E-state index contributed by atoms with van der Waals surface area (Å²) < 4.78 is 4.67. The van der Waals surface area contributed by atoms with Gasteiger partial charge in [-0.1, -0.05) is 27.2 Å². The minimum Gasteiger partial charge on any atom is -0.469 e. The Labute approximate surface area is 128 Å². The van der Waals surface area contributed by atoms with Gasteiger partial charge in [0, 0.05) is 13.1 Å². The lowest BCUT2D eigenvalue weighted by molar-refractivity contribution is -0.142. The zero-order chi connectivity index (χ0) is 15.8. The normalized spacial score (nSPS) is 22.1. The zero-order valence-corrected chi connectivity index (χ0v) is 13.9. The molecule has 1 N–H and O–H groups in total. The molecule has 2 atom stereocenters. The highest BCUT2D eigenvalue weighted by molar-refractivity contribution is 5.82. The van der Waals surface area contributed by atoms with E-state index >= 15 is 0 Å². The Morgan fingerprint density at radius 3 is 2.67 bits per heavy atom. The van der Waals surface area contributed by atoms with Crippen molar-refractivity contribution in [2.75, 3.05) is 26.7 Å². The number of carbonyl (C=O) groups excluding carboxylic acids is 2. The van der Waals surface area contributed by atoms with Gasteiger partial charge in [0.25, 0.3) is 0 Å². The van der Waals surface area contributed by atoms with Crippen molar-refractivity contribution in [2.45, 2.75) is 52.5 Å². The summed E-state index contributed by atoms with van der Waals surface area (Å²) in [5.74, 6) is 0.879. The summed E-state index contributed by atoms with van der Waals surface area (Å²) in [6.07, 6.45) is 3.44. The van der Waals surface area contributed by atoms with Gasteiger partial charge in [-0.2, -0.15) is 0 Å². The summed E-state index contributed by atoms with van der Waals surface area (Å²) in [5, 5.41) is 3.33. The molecule has 1 heterocycles. The highest BCUT2D eigenvalue weighted by atomic mass is 16.5. The summed E-state index contributed by atoms with van der Waals surface area (Å²) >= 11 is 0. The molecule has 2 unspecified atom stereocenters. The van der Waals surface area contributed by atoms with Crippen molar-refractivity contribution in [1.82, 2.24) is 10.2 Å². The van der Waals surface area contributed by atoms with E-state index in [2.05, 4.69) is 30.8 Å². The van der Waals surface area contributed by atoms with E-state index < -0.39 is 0 Å². The highest BCUT2D eigenvalue weighted by Gasteiger charge is 2.29. The predicted octanol–water partition coefficient (Wildman–Crippen LogP) is 1.81. The van der Waals surface area contributed by atoms with Gasteiger partial charge in [0.15, 0.2) is 0 Å². The SMILES string of the molecule is CCC1CCNC(C(=O)N(CCC(=O)OC)CC(C)C)C1. The number of rotatable bonds is 7. The number of esters is 1. The number of hydrogen-bond acceptors (Lipinski definition) is 4. The highest BCUT2D eigenvalue weighted by Crippen LogP contribution is 2.21. The van der Waals surface area contributed by atoms with Crippen molar-refractivity contribution in [3.05, 3.63) is 0 Å². The van der Waals surface area contributed by atoms with Crippen LogP contribution in [0.1, 0.15) is 46.5 Å². The molecule has 0 aromatic heterocycles. The second-order valence-corrected chi connectivity index (χ2v) is 6.31. The van der Waals surface area contributed by atoms with Crippen LogP contribution in [-0.2, 0) is 14.3 Å². The number of hydrogen-bond donors (Lipinski definition) is 1. The number of ether oxygens (including phenoxy) is 1. The van der Waals surface area contributed by atoms with Crippen molar-refractivity contribution in [3.8, 4) is 0 Å². The Bertz CT molecular complexity index is 344. The zero-order valence-electron chi connectivity index (χ0n) is 13.9. The Kier molecular flexibility index (Phi) is 7.72. The molecule has 5 nitrogen and oxygen atoms in total. The lowest BCUT2D eigenvalue weighted by Gasteiger charge is -2.34. The van der Waals surface area contributed by atoms with Crippen LogP contribution < -0.4 is 5.32 Å². The van der Waals surface area contributed by atoms with Gasteiger partial charge in [-0.25, -0.2) is 0 Å². The Hall–Kier alpha value is -1.10. The summed E-state index contributed by atoms with van der Waals surface area (Å²) in [7, 11) is 1.38. The fraction of sp³-hybridized carbons (Fsp3) is 0.875. The number of nitrogens with one attached hydrogen (secondary N) is 1. The molecular formula is C16H30N2O3. The van der Waals surface area contributed by atoms with E-state index in [1.807, 2.05) is 4.90 Å². The Morgan fingerprint density at radius 2 is 2.10 bits per heavy atom. The molecule has 0 aromatic carbocycles. The standard InChI is InChI=1S/C16H30N2O3/c1-5-13-6-8-17-14(10-13)16(20)18(11-12(2)3)9-7-15(19)21-4/h12-14,17H,5-11H2,1-4H3. The first-order valence-corrected chi connectivity index (χ1v) is 8.06. The molecule has 5 heteroatoms. The van der Waals surface area contributed by atoms with E-state index in [1.54, 1.807) is 0 Å². The average Bonchev–Trinajstić information content (AvgIpc) is 2.49. The molecule has 0 radical (unpaired) electrons. The van der Waals surface area contributed by atoms with Crippen LogP contribution >= 0.6 is 0 Å². The summed E-state index contributed by atoms with van der Waals surface area (Å²) in [6, 6.07) is -0.0971. The lowest BCUT2D eigenvalue weighted by atomic mass is 9.89. The maximum atomic E-state index is 12.7. The van der Waals surface area contributed by atoms with E-state index in [1.165, 1.54) is 7.11 Å². The topological polar surface area (TPSA) is 58.6 Å². The number of methoxy groups -OCH3 is 1. The molecular weight excluding hydrogens is 268 g/mol. The lowest BCUT2D eigenvalue weighted by Crippen LogP contribution is -2.51. The van der Waals surface area contributed by atoms with Gasteiger partial charge < -0.3 is 15.0 Å². The first kappa shape index (κ1) is 18.0. The van der Waals surface area contributed by atoms with Crippen molar-refractivity contribution >= 4 is 11.9 Å². The molecule has 0 aromatic rings. The molecule has 1 rings (SSSR count). The van der Waals surface area contributed by atoms with Crippen molar-refractivity contribution in [1.29, 1.82) is 0 Å². The maximum Gasteiger partial charge on any atom is 0.307 e. The molecule has 1 aliphatic heterocycles. The monoisotopic (exact) mass is 298 g/mol. The summed E-state index contributed by atoms with van der Waals surface area (Å²) in [4.78, 5) is 25.8. The first-order chi connectivity index (χ1) is 9.97. The molecule has 0 spiro atoms. The molecule has 21 heavy (non-hydrogen) atoms. The minimum atomic E-state index is -0.264.